The predicted molar refractivity (Wildman–Crippen MR) is 65.5 cm³/mol. The highest BCUT2D eigenvalue weighted by Crippen LogP contribution is 2.20. The number of anilines is 1. The number of hydrogen-bond donors (Lipinski definition) is 1. The molecule has 0 aliphatic heterocycles. The molecule has 0 heterocycles. The van der Waals surface area contributed by atoms with Gasteiger partial charge in [0.2, 0.25) is 0 Å². The Bertz CT molecular complexity index is 503. The highest BCUT2D eigenvalue weighted by Gasteiger charge is 2.32. The highest BCUT2D eigenvalue weighted by atomic mass is 19.4. The van der Waals surface area contributed by atoms with Crippen molar-refractivity contribution in [1.82, 2.24) is 4.90 Å². The van der Waals surface area contributed by atoms with Crippen LogP contribution in [0.5, 0.6) is 0 Å². The first-order chi connectivity index (χ1) is 9.24. The molecule has 0 saturated heterocycles. The molecule has 1 aromatic rings. The minimum absolute atomic E-state index is 0.0512. The molecule has 2 amide bonds. The largest absolute Gasteiger partial charge is 0.453 e. The highest BCUT2D eigenvalue weighted by molar-refractivity contribution is 6.02. The van der Waals surface area contributed by atoms with E-state index in [4.69, 9.17) is 0 Å². The first kappa shape index (κ1) is 15.8. The minimum Gasteiger partial charge on any atom is -0.453 e. The summed E-state index contributed by atoms with van der Waals surface area (Å²) < 4.78 is 41.2. The topological polar surface area (TPSA) is 58.6 Å². The fourth-order valence-electron chi connectivity index (χ4n) is 1.49. The van der Waals surface area contributed by atoms with Crippen molar-refractivity contribution in [2.75, 3.05) is 26.0 Å². The minimum atomic E-state index is -4.49. The van der Waals surface area contributed by atoms with Crippen LogP contribution in [0.15, 0.2) is 24.3 Å². The van der Waals surface area contributed by atoms with Gasteiger partial charge in [-0.2, -0.15) is 13.2 Å². The van der Waals surface area contributed by atoms with Gasteiger partial charge in [-0.05, 0) is 12.1 Å². The van der Waals surface area contributed by atoms with Gasteiger partial charge in [0.15, 0.2) is 0 Å². The number of rotatable bonds is 3. The number of methoxy groups -OCH3 is 1. The summed E-state index contributed by atoms with van der Waals surface area (Å²) in [6.07, 6.45) is -5.31. The van der Waals surface area contributed by atoms with Crippen LogP contribution in [-0.4, -0.2) is 43.8 Å². The van der Waals surface area contributed by atoms with Gasteiger partial charge in [-0.3, -0.25) is 10.1 Å². The summed E-state index contributed by atoms with van der Waals surface area (Å²) >= 11 is 0. The Kier molecular flexibility index (Phi) is 4.95. The van der Waals surface area contributed by atoms with E-state index in [-0.39, 0.29) is 11.3 Å². The second kappa shape index (κ2) is 6.27. The lowest BCUT2D eigenvalue weighted by atomic mass is 10.1. The van der Waals surface area contributed by atoms with Gasteiger partial charge >= 0.3 is 12.3 Å². The van der Waals surface area contributed by atoms with E-state index in [2.05, 4.69) is 10.1 Å². The number of halogens is 3. The quantitative estimate of drug-likeness (QED) is 0.930. The van der Waals surface area contributed by atoms with Crippen molar-refractivity contribution < 1.29 is 27.5 Å². The van der Waals surface area contributed by atoms with E-state index in [0.29, 0.717) is 4.90 Å². The zero-order valence-corrected chi connectivity index (χ0v) is 10.8. The number of para-hydroxylation sites is 1. The third-order valence-electron chi connectivity index (χ3n) is 2.34. The number of benzene rings is 1. The number of nitrogens with zero attached hydrogens (tertiary/aromatic N) is 1. The predicted octanol–water partition coefficient (Wildman–Crippen LogP) is 2.50. The van der Waals surface area contributed by atoms with Crippen molar-refractivity contribution in [1.29, 1.82) is 0 Å². The maximum absolute atomic E-state index is 12.3. The summed E-state index contributed by atoms with van der Waals surface area (Å²) in [6, 6.07) is 5.73. The van der Waals surface area contributed by atoms with Crippen molar-refractivity contribution in [3.05, 3.63) is 29.8 Å². The van der Waals surface area contributed by atoms with Crippen LogP contribution < -0.4 is 5.32 Å². The van der Waals surface area contributed by atoms with Crippen LogP contribution in [0.25, 0.3) is 0 Å². The molecule has 0 radical (unpaired) electrons. The molecule has 0 unspecified atom stereocenters. The summed E-state index contributed by atoms with van der Waals surface area (Å²) in [7, 11) is 2.17. The Morgan fingerprint density at radius 1 is 1.30 bits per heavy atom. The molecule has 0 aromatic heterocycles. The third kappa shape index (κ3) is 4.45. The molecule has 110 valence electrons. The lowest BCUT2D eigenvalue weighted by Crippen LogP contribution is -2.36. The molecule has 5 nitrogen and oxygen atoms in total. The monoisotopic (exact) mass is 290 g/mol. The SMILES string of the molecule is COC(=O)Nc1ccccc1C(=O)N(C)CC(F)(F)F. The molecule has 0 atom stereocenters. The second-order valence-electron chi connectivity index (χ2n) is 3.94. The van der Waals surface area contributed by atoms with Crippen LogP contribution >= 0.6 is 0 Å². The Morgan fingerprint density at radius 2 is 1.90 bits per heavy atom. The second-order valence-corrected chi connectivity index (χ2v) is 3.94. The molecule has 0 spiro atoms. The fraction of sp³-hybridized carbons (Fsp3) is 0.333. The van der Waals surface area contributed by atoms with Gasteiger partial charge < -0.3 is 9.64 Å². The summed E-state index contributed by atoms with van der Waals surface area (Å²) in [4.78, 5) is 23.6. The summed E-state index contributed by atoms with van der Waals surface area (Å²) in [5.41, 5.74) is 0.0306. The number of nitrogens with one attached hydrogen (secondary N) is 1. The molecule has 1 aromatic carbocycles. The van der Waals surface area contributed by atoms with Gasteiger partial charge in [0.05, 0.1) is 18.4 Å². The van der Waals surface area contributed by atoms with Crippen molar-refractivity contribution >= 4 is 17.7 Å². The van der Waals surface area contributed by atoms with Crippen LogP contribution in [0.3, 0.4) is 0 Å². The van der Waals surface area contributed by atoms with E-state index in [0.717, 1.165) is 14.2 Å². The standard InChI is InChI=1S/C12H13F3N2O3/c1-17(7-12(13,14)15)10(18)8-5-3-4-6-9(8)16-11(19)20-2/h3-6H,7H2,1-2H3,(H,16,19). The first-order valence-electron chi connectivity index (χ1n) is 5.51. The third-order valence-corrected chi connectivity index (χ3v) is 2.34. The van der Waals surface area contributed by atoms with E-state index < -0.39 is 24.7 Å². The van der Waals surface area contributed by atoms with E-state index in [9.17, 15) is 22.8 Å². The molecule has 0 saturated carbocycles. The molecule has 8 heteroatoms. The van der Waals surface area contributed by atoms with E-state index in [1.165, 1.54) is 24.3 Å². The number of alkyl halides is 3. The summed E-state index contributed by atoms with van der Waals surface area (Å²) in [6.45, 7) is -1.38. The molecule has 20 heavy (non-hydrogen) atoms. The number of carbonyl (C=O) groups is 2. The smallest absolute Gasteiger partial charge is 0.411 e. The molecule has 0 bridgehead atoms. The lowest BCUT2D eigenvalue weighted by Gasteiger charge is -2.20. The normalized spacial score (nSPS) is 10.8. The fourth-order valence-corrected chi connectivity index (χ4v) is 1.49. The van der Waals surface area contributed by atoms with Crippen molar-refractivity contribution in [2.45, 2.75) is 6.18 Å². The Labute approximate surface area is 113 Å². The molecule has 1 rings (SSSR count). The van der Waals surface area contributed by atoms with Crippen molar-refractivity contribution in [2.24, 2.45) is 0 Å². The van der Waals surface area contributed by atoms with Crippen molar-refractivity contribution in [3.63, 3.8) is 0 Å². The van der Waals surface area contributed by atoms with Crippen LogP contribution in [0.1, 0.15) is 10.4 Å². The van der Waals surface area contributed by atoms with Crippen LogP contribution in [-0.2, 0) is 4.74 Å². The molecule has 1 N–H and O–H groups in total. The average Bonchev–Trinajstić information content (AvgIpc) is 2.36. The van der Waals surface area contributed by atoms with Gasteiger partial charge in [0.1, 0.15) is 6.54 Å². The Balaban J connectivity index is 2.95. The number of amides is 2. The maximum Gasteiger partial charge on any atom is 0.411 e. The van der Waals surface area contributed by atoms with Gasteiger partial charge in [0.25, 0.3) is 5.91 Å². The van der Waals surface area contributed by atoms with Crippen molar-refractivity contribution in [3.8, 4) is 0 Å². The maximum atomic E-state index is 12.3. The van der Waals surface area contributed by atoms with Crippen LogP contribution in [0.4, 0.5) is 23.7 Å². The Morgan fingerprint density at radius 3 is 2.45 bits per heavy atom. The molecular formula is C12H13F3N2O3. The number of hydrogen-bond acceptors (Lipinski definition) is 3. The molecule has 0 aliphatic rings. The average molecular weight is 290 g/mol. The van der Waals surface area contributed by atoms with Gasteiger partial charge in [-0.25, -0.2) is 4.79 Å². The van der Waals surface area contributed by atoms with E-state index >= 15 is 0 Å². The van der Waals surface area contributed by atoms with Crippen LogP contribution in [0.2, 0.25) is 0 Å². The molecule has 0 aliphatic carbocycles. The van der Waals surface area contributed by atoms with Gasteiger partial charge in [0, 0.05) is 7.05 Å². The summed E-state index contributed by atoms with van der Waals surface area (Å²) in [5.74, 6) is -0.852. The van der Waals surface area contributed by atoms with Gasteiger partial charge in [-0.15, -0.1) is 0 Å². The van der Waals surface area contributed by atoms with E-state index in [1.54, 1.807) is 0 Å². The molecule has 0 fully saturated rings. The van der Waals surface area contributed by atoms with E-state index in [1.807, 2.05) is 0 Å². The number of carbonyl (C=O) groups excluding carboxylic acids is 2. The number of ether oxygens (including phenoxy) is 1. The zero-order chi connectivity index (χ0) is 15.3. The van der Waals surface area contributed by atoms with Crippen LogP contribution in [0, 0.1) is 0 Å². The lowest BCUT2D eigenvalue weighted by molar-refractivity contribution is -0.138. The molecular weight excluding hydrogens is 277 g/mol. The zero-order valence-electron chi connectivity index (χ0n) is 10.8. The Hall–Kier alpha value is -2.25. The summed E-state index contributed by atoms with van der Waals surface area (Å²) in [5, 5.41) is 2.27. The first-order valence-corrected chi connectivity index (χ1v) is 5.51. The van der Waals surface area contributed by atoms with Gasteiger partial charge in [-0.1, -0.05) is 12.1 Å².